The number of fused-ring (bicyclic) bond motifs is 1. The summed E-state index contributed by atoms with van der Waals surface area (Å²) in [7, 11) is 0. The predicted molar refractivity (Wildman–Crippen MR) is 168 cm³/mol. The fourth-order valence-electron chi connectivity index (χ4n) is 5.58. The van der Waals surface area contributed by atoms with E-state index in [4.69, 9.17) is 4.74 Å². The quantitative estimate of drug-likeness (QED) is 0.302. The van der Waals surface area contributed by atoms with Crippen molar-refractivity contribution in [3.63, 3.8) is 0 Å². The molecule has 4 aromatic rings. The summed E-state index contributed by atoms with van der Waals surface area (Å²) in [5.74, 6) is 0.198. The third-order valence-corrected chi connectivity index (χ3v) is 8.09. The molecule has 0 aliphatic carbocycles. The molecule has 5 rings (SSSR count). The number of aliphatic hydroxyl groups is 1. The Morgan fingerprint density at radius 1 is 1.02 bits per heavy atom. The van der Waals surface area contributed by atoms with Crippen molar-refractivity contribution in [1.29, 1.82) is 0 Å². The summed E-state index contributed by atoms with van der Waals surface area (Å²) in [4.78, 5) is 40.1. The van der Waals surface area contributed by atoms with Gasteiger partial charge in [0.2, 0.25) is 5.91 Å². The van der Waals surface area contributed by atoms with E-state index in [0.717, 1.165) is 22.4 Å². The van der Waals surface area contributed by atoms with Gasteiger partial charge in [0, 0.05) is 31.6 Å². The van der Waals surface area contributed by atoms with Crippen molar-refractivity contribution in [2.75, 3.05) is 13.1 Å². The van der Waals surface area contributed by atoms with E-state index in [2.05, 4.69) is 17.3 Å². The van der Waals surface area contributed by atoms with E-state index < -0.39 is 17.3 Å². The molecule has 44 heavy (non-hydrogen) atoms. The highest BCUT2D eigenvalue weighted by molar-refractivity contribution is 5.77. The van der Waals surface area contributed by atoms with E-state index in [1.165, 1.54) is 10.9 Å². The number of hydrogen-bond acceptors (Lipinski definition) is 6. The van der Waals surface area contributed by atoms with Crippen molar-refractivity contribution in [3.05, 3.63) is 94.5 Å². The molecule has 2 N–H and O–H groups in total. The van der Waals surface area contributed by atoms with Gasteiger partial charge in [-0.15, -0.1) is 0 Å². The molecular weight excluding hydrogens is 558 g/mol. The number of likely N-dealkylation sites (tertiary alicyclic amines) is 1. The van der Waals surface area contributed by atoms with Crippen LogP contribution in [0.15, 0.2) is 77.9 Å². The van der Waals surface area contributed by atoms with Crippen LogP contribution in [-0.4, -0.2) is 60.5 Å². The maximum absolute atomic E-state index is 13.4. The van der Waals surface area contributed by atoms with Crippen molar-refractivity contribution in [2.24, 2.45) is 0 Å². The molecule has 1 aliphatic heterocycles. The van der Waals surface area contributed by atoms with Crippen LogP contribution in [0.25, 0.3) is 16.8 Å². The summed E-state index contributed by atoms with van der Waals surface area (Å²) in [6.07, 6.45) is 2.19. The minimum Gasteiger partial charge on any atom is -0.444 e. The summed E-state index contributed by atoms with van der Waals surface area (Å²) >= 11 is 0. The first-order valence-electron chi connectivity index (χ1n) is 15.1. The van der Waals surface area contributed by atoms with Gasteiger partial charge < -0.3 is 20.1 Å². The summed E-state index contributed by atoms with van der Waals surface area (Å²) < 4.78 is 8.34. The van der Waals surface area contributed by atoms with Crippen molar-refractivity contribution in [3.8, 4) is 11.3 Å². The van der Waals surface area contributed by atoms with E-state index in [-0.39, 0.29) is 23.9 Å². The van der Waals surface area contributed by atoms with Gasteiger partial charge in [0.25, 0.3) is 5.56 Å². The minimum absolute atomic E-state index is 0.0803. The lowest BCUT2D eigenvalue weighted by Crippen LogP contribution is -2.49. The van der Waals surface area contributed by atoms with Crippen molar-refractivity contribution >= 4 is 17.5 Å². The molecule has 10 heteroatoms. The van der Waals surface area contributed by atoms with Gasteiger partial charge in [-0.1, -0.05) is 61.5 Å². The maximum atomic E-state index is 13.4. The van der Waals surface area contributed by atoms with Crippen LogP contribution in [0, 0.1) is 0 Å². The molecule has 10 nitrogen and oxygen atoms in total. The Morgan fingerprint density at radius 3 is 2.36 bits per heavy atom. The summed E-state index contributed by atoms with van der Waals surface area (Å²) in [5, 5.41) is 18.6. The highest BCUT2D eigenvalue weighted by Crippen LogP contribution is 2.27. The fraction of sp³-hybridized carbons (Fsp3) is 0.412. The highest BCUT2D eigenvalue weighted by atomic mass is 16.6. The number of hydrogen-bond donors (Lipinski definition) is 2. The van der Waals surface area contributed by atoms with Crippen LogP contribution in [0.2, 0.25) is 0 Å². The molecule has 0 radical (unpaired) electrons. The Morgan fingerprint density at radius 2 is 1.70 bits per heavy atom. The van der Waals surface area contributed by atoms with Crippen LogP contribution in [-0.2, 0) is 22.6 Å². The van der Waals surface area contributed by atoms with E-state index in [1.54, 1.807) is 10.6 Å². The molecular formula is C34H41N5O5. The molecule has 2 amide bonds. The molecule has 3 heterocycles. The van der Waals surface area contributed by atoms with Gasteiger partial charge in [-0.25, -0.2) is 9.31 Å². The molecule has 0 saturated carbocycles. The number of alkyl carbamates (subject to hydrolysis) is 1. The van der Waals surface area contributed by atoms with Crippen LogP contribution < -0.4 is 10.9 Å². The molecule has 1 atom stereocenters. The second-order valence-electron chi connectivity index (χ2n) is 12.8. The second kappa shape index (κ2) is 12.7. The van der Waals surface area contributed by atoms with Crippen LogP contribution in [0.1, 0.15) is 64.0 Å². The lowest BCUT2D eigenvalue weighted by atomic mass is 9.90. The smallest absolute Gasteiger partial charge is 0.407 e. The van der Waals surface area contributed by atoms with Crippen molar-refractivity contribution in [2.45, 2.75) is 77.2 Å². The van der Waals surface area contributed by atoms with Crippen LogP contribution in [0.3, 0.4) is 0 Å². The summed E-state index contributed by atoms with van der Waals surface area (Å²) in [6.45, 7) is 8.82. The Labute approximate surface area is 257 Å². The number of rotatable bonds is 8. The standard InChI is InChI=1S/C34H41N5O5/c1-24(26-8-6-5-7-9-26)20-30(40)37-18-16-34(43,17-19-37)22-38-23-36-39-28(14-15-29(39)31(38)41)27-12-10-25(11-13-27)21-35-32(42)44-33(2,3)4/h5-15,23-24,43H,16-22H2,1-4H3,(H,35,42)/t24-/m1/s1. The number of ether oxygens (including phenoxy) is 1. The third kappa shape index (κ3) is 7.37. The first-order chi connectivity index (χ1) is 20.9. The predicted octanol–water partition coefficient (Wildman–Crippen LogP) is 4.74. The Hall–Kier alpha value is -4.44. The molecule has 1 fully saturated rings. The molecule has 0 unspecified atom stereocenters. The monoisotopic (exact) mass is 599 g/mol. The van der Waals surface area contributed by atoms with Crippen molar-refractivity contribution in [1.82, 2.24) is 24.4 Å². The van der Waals surface area contributed by atoms with E-state index in [1.807, 2.05) is 86.3 Å². The third-order valence-electron chi connectivity index (χ3n) is 8.09. The van der Waals surface area contributed by atoms with Gasteiger partial charge in [0.05, 0.1) is 17.8 Å². The van der Waals surface area contributed by atoms with Crippen LogP contribution in [0.5, 0.6) is 0 Å². The summed E-state index contributed by atoms with van der Waals surface area (Å²) in [5.41, 5.74) is 2.16. The number of aromatic nitrogens is 3. The number of carbonyl (C=O) groups is 2. The van der Waals surface area contributed by atoms with Gasteiger partial charge in [0.15, 0.2) is 0 Å². The number of nitrogens with zero attached hydrogens (tertiary/aromatic N) is 4. The molecule has 1 aliphatic rings. The first kappa shape index (κ1) is 31.0. The highest BCUT2D eigenvalue weighted by Gasteiger charge is 2.35. The average molecular weight is 600 g/mol. The van der Waals surface area contributed by atoms with Gasteiger partial charge in [-0.3, -0.25) is 14.2 Å². The van der Waals surface area contributed by atoms with Gasteiger partial charge >= 0.3 is 6.09 Å². The largest absolute Gasteiger partial charge is 0.444 e. The van der Waals surface area contributed by atoms with E-state index in [9.17, 15) is 19.5 Å². The molecule has 232 valence electrons. The second-order valence-corrected chi connectivity index (χ2v) is 12.8. The number of carbonyl (C=O) groups excluding carboxylic acids is 2. The average Bonchev–Trinajstić information content (AvgIpc) is 3.42. The van der Waals surface area contributed by atoms with Crippen molar-refractivity contribution < 1.29 is 19.4 Å². The molecule has 2 aromatic carbocycles. The van der Waals surface area contributed by atoms with E-state index in [0.29, 0.717) is 44.4 Å². The number of benzene rings is 2. The topological polar surface area (TPSA) is 118 Å². The molecule has 0 spiro atoms. The number of amides is 2. The SMILES string of the molecule is C[C@H](CC(=O)N1CCC(O)(Cn2cnn3c(-c4ccc(CNC(=O)OC(C)(C)C)cc4)ccc3c2=O)CC1)c1ccccc1. The Kier molecular flexibility index (Phi) is 8.92. The number of nitrogens with one attached hydrogen (secondary N) is 1. The lowest BCUT2D eigenvalue weighted by Gasteiger charge is -2.38. The van der Waals surface area contributed by atoms with Gasteiger partial charge in [0.1, 0.15) is 17.4 Å². The zero-order valence-electron chi connectivity index (χ0n) is 25.8. The first-order valence-corrected chi connectivity index (χ1v) is 15.1. The lowest BCUT2D eigenvalue weighted by molar-refractivity contribution is -0.136. The summed E-state index contributed by atoms with van der Waals surface area (Å²) in [6, 6.07) is 21.2. The van der Waals surface area contributed by atoms with Gasteiger partial charge in [-0.2, -0.15) is 5.10 Å². The van der Waals surface area contributed by atoms with Gasteiger partial charge in [-0.05, 0) is 62.8 Å². The van der Waals surface area contributed by atoms with Crippen LogP contribution >= 0.6 is 0 Å². The Balaban J connectivity index is 1.20. The number of piperidine rings is 1. The maximum Gasteiger partial charge on any atom is 0.407 e. The molecule has 1 saturated heterocycles. The normalized spacial score (nSPS) is 15.6. The zero-order chi connectivity index (χ0) is 31.5. The Bertz CT molecular complexity index is 1660. The van der Waals surface area contributed by atoms with Crippen LogP contribution in [0.4, 0.5) is 4.79 Å². The fourth-order valence-corrected chi connectivity index (χ4v) is 5.58. The molecule has 0 bridgehead atoms. The zero-order valence-corrected chi connectivity index (χ0v) is 25.8. The minimum atomic E-state index is -1.11. The van der Waals surface area contributed by atoms with E-state index >= 15 is 0 Å². The molecule has 2 aromatic heterocycles.